The van der Waals surface area contributed by atoms with Gasteiger partial charge in [-0.3, -0.25) is 9.59 Å². The summed E-state index contributed by atoms with van der Waals surface area (Å²) in [6.45, 7) is 3.24. The molecule has 1 atom stereocenters. The normalized spacial score (nSPS) is 25.0. The van der Waals surface area contributed by atoms with E-state index >= 15 is 0 Å². The van der Waals surface area contributed by atoms with Gasteiger partial charge in [0.1, 0.15) is 6.04 Å². The maximum atomic E-state index is 12.3. The van der Waals surface area contributed by atoms with Crippen LogP contribution in [0.5, 0.6) is 0 Å². The molecule has 0 aromatic rings. The van der Waals surface area contributed by atoms with Crippen molar-refractivity contribution >= 4 is 21.8 Å². The molecule has 2 fully saturated rings. The lowest BCUT2D eigenvalue weighted by Crippen LogP contribution is -2.51. The summed E-state index contributed by atoms with van der Waals surface area (Å²) < 4.78 is 24.6. The molecule has 2 amide bonds. The molecule has 8 heteroatoms. The lowest BCUT2D eigenvalue weighted by atomic mass is 10.0. The molecular formula is C13H23N3O4S. The Labute approximate surface area is 125 Å². The van der Waals surface area contributed by atoms with E-state index in [1.165, 1.54) is 4.31 Å². The minimum Gasteiger partial charge on any atom is -0.352 e. The number of piperidine rings is 1. The van der Waals surface area contributed by atoms with Crippen LogP contribution in [0, 0.1) is 0 Å². The second kappa shape index (κ2) is 6.31. The SMILES string of the molecule is CC(=O)N1CCC(NC(=O)C2CCCN2S(C)(=O)=O)CC1. The van der Waals surface area contributed by atoms with E-state index in [0.717, 1.165) is 19.1 Å². The van der Waals surface area contributed by atoms with Gasteiger partial charge in [0.15, 0.2) is 0 Å². The highest BCUT2D eigenvalue weighted by Crippen LogP contribution is 2.21. The molecule has 0 aromatic heterocycles. The van der Waals surface area contributed by atoms with Crippen LogP contribution in [0.2, 0.25) is 0 Å². The highest BCUT2D eigenvalue weighted by molar-refractivity contribution is 7.88. The third-order valence-corrected chi connectivity index (χ3v) is 5.51. The third kappa shape index (κ3) is 3.94. The van der Waals surface area contributed by atoms with Gasteiger partial charge in [-0.05, 0) is 25.7 Å². The molecule has 2 rings (SSSR count). The molecule has 0 bridgehead atoms. The van der Waals surface area contributed by atoms with Crippen LogP contribution in [0.25, 0.3) is 0 Å². The zero-order valence-corrected chi connectivity index (χ0v) is 13.4. The molecule has 0 saturated carbocycles. The number of hydrogen-bond acceptors (Lipinski definition) is 4. The summed E-state index contributed by atoms with van der Waals surface area (Å²) in [5.41, 5.74) is 0. The molecule has 0 aliphatic carbocycles. The van der Waals surface area contributed by atoms with E-state index in [0.29, 0.717) is 32.5 Å². The van der Waals surface area contributed by atoms with Gasteiger partial charge in [0.05, 0.1) is 6.26 Å². The van der Waals surface area contributed by atoms with Crippen LogP contribution in [0.1, 0.15) is 32.6 Å². The van der Waals surface area contributed by atoms with E-state index < -0.39 is 16.1 Å². The summed E-state index contributed by atoms with van der Waals surface area (Å²) in [5, 5.41) is 2.94. The summed E-state index contributed by atoms with van der Waals surface area (Å²) in [5.74, 6) is -0.155. The van der Waals surface area contributed by atoms with Crippen molar-refractivity contribution in [3.05, 3.63) is 0 Å². The summed E-state index contributed by atoms with van der Waals surface area (Å²) in [7, 11) is -3.34. The lowest BCUT2D eigenvalue weighted by molar-refractivity contribution is -0.130. The van der Waals surface area contributed by atoms with Gasteiger partial charge in [-0.15, -0.1) is 0 Å². The molecule has 0 aromatic carbocycles. The maximum Gasteiger partial charge on any atom is 0.238 e. The van der Waals surface area contributed by atoms with Crippen LogP contribution in [0.3, 0.4) is 0 Å². The molecule has 1 unspecified atom stereocenters. The number of hydrogen-bond donors (Lipinski definition) is 1. The quantitative estimate of drug-likeness (QED) is 0.763. The Morgan fingerprint density at radius 1 is 1.10 bits per heavy atom. The first-order chi connectivity index (χ1) is 9.79. The second-order valence-corrected chi connectivity index (χ2v) is 7.76. The Bertz CT molecular complexity index is 512. The number of nitrogens with zero attached hydrogens (tertiary/aromatic N) is 2. The van der Waals surface area contributed by atoms with Gasteiger partial charge in [-0.1, -0.05) is 0 Å². The van der Waals surface area contributed by atoms with E-state index in [1.54, 1.807) is 11.8 Å². The van der Waals surface area contributed by atoms with E-state index in [9.17, 15) is 18.0 Å². The number of sulfonamides is 1. The predicted octanol–water partition coefficient (Wildman–Crippen LogP) is -0.462. The predicted molar refractivity (Wildman–Crippen MR) is 78.0 cm³/mol. The number of carbonyl (C=O) groups is 2. The molecule has 21 heavy (non-hydrogen) atoms. The van der Waals surface area contributed by atoms with Gasteiger partial charge in [-0.25, -0.2) is 8.42 Å². The van der Waals surface area contributed by atoms with Crippen molar-refractivity contribution in [2.75, 3.05) is 25.9 Å². The van der Waals surface area contributed by atoms with Gasteiger partial charge in [0.2, 0.25) is 21.8 Å². The van der Waals surface area contributed by atoms with Crippen molar-refractivity contribution in [3.8, 4) is 0 Å². The summed E-state index contributed by atoms with van der Waals surface area (Å²) in [4.78, 5) is 25.3. The minimum atomic E-state index is -3.34. The molecule has 2 aliphatic rings. The molecule has 2 aliphatic heterocycles. The number of amides is 2. The van der Waals surface area contributed by atoms with E-state index in [-0.39, 0.29) is 17.9 Å². The molecule has 1 N–H and O–H groups in total. The topological polar surface area (TPSA) is 86.8 Å². The van der Waals surface area contributed by atoms with Gasteiger partial charge >= 0.3 is 0 Å². The van der Waals surface area contributed by atoms with Crippen LogP contribution in [0.4, 0.5) is 0 Å². The van der Waals surface area contributed by atoms with Gasteiger partial charge in [0.25, 0.3) is 0 Å². The first-order valence-electron chi connectivity index (χ1n) is 7.31. The van der Waals surface area contributed by atoms with Crippen molar-refractivity contribution in [3.63, 3.8) is 0 Å². The zero-order valence-electron chi connectivity index (χ0n) is 12.5. The number of carbonyl (C=O) groups excluding carboxylic acids is 2. The van der Waals surface area contributed by atoms with E-state index in [1.807, 2.05) is 0 Å². The lowest BCUT2D eigenvalue weighted by Gasteiger charge is -2.32. The van der Waals surface area contributed by atoms with Crippen LogP contribution >= 0.6 is 0 Å². The number of nitrogens with one attached hydrogen (secondary N) is 1. The Balaban J connectivity index is 1.89. The molecular weight excluding hydrogens is 294 g/mol. The standard InChI is InChI=1S/C13H23N3O4S/c1-10(17)15-8-5-11(6-9-15)14-13(18)12-4-3-7-16(12)21(2,19)20/h11-12H,3-9H2,1-2H3,(H,14,18). The highest BCUT2D eigenvalue weighted by Gasteiger charge is 2.37. The Morgan fingerprint density at radius 2 is 1.71 bits per heavy atom. The molecule has 7 nitrogen and oxygen atoms in total. The summed E-state index contributed by atoms with van der Waals surface area (Å²) in [6.07, 6.45) is 3.87. The Kier molecular flexibility index (Phi) is 4.88. The molecule has 0 radical (unpaired) electrons. The fourth-order valence-electron chi connectivity index (χ4n) is 3.04. The smallest absolute Gasteiger partial charge is 0.238 e. The Hall–Kier alpha value is -1.15. The van der Waals surface area contributed by atoms with Crippen molar-refractivity contribution in [2.45, 2.75) is 44.7 Å². The van der Waals surface area contributed by atoms with Gasteiger partial charge in [0, 0.05) is 32.6 Å². The van der Waals surface area contributed by atoms with E-state index in [2.05, 4.69) is 5.32 Å². The van der Waals surface area contributed by atoms with Crippen molar-refractivity contribution in [1.82, 2.24) is 14.5 Å². The Morgan fingerprint density at radius 3 is 2.24 bits per heavy atom. The van der Waals surface area contributed by atoms with Gasteiger partial charge in [-0.2, -0.15) is 4.31 Å². The fraction of sp³-hybridized carbons (Fsp3) is 0.846. The van der Waals surface area contributed by atoms with Gasteiger partial charge < -0.3 is 10.2 Å². The third-order valence-electron chi connectivity index (χ3n) is 4.22. The fourth-order valence-corrected chi connectivity index (χ4v) is 4.16. The summed E-state index contributed by atoms with van der Waals surface area (Å²) in [6, 6.07) is -0.555. The average Bonchev–Trinajstić information content (AvgIpc) is 2.88. The first kappa shape index (κ1) is 16.2. The number of rotatable bonds is 3. The van der Waals surface area contributed by atoms with Crippen LogP contribution in [0.15, 0.2) is 0 Å². The first-order valence-corrected chi connectivity index (χ1v) is 9.16. The number of likely N-dealkylation sites (tertiary alicyclic amines) is 1. The maximum absolute atomic E-state index is 12.3. The second-order valence-electron chi connectivity index (χ2n) is 5.82. The van der Waals surface area contributed by atoms with Crippen LogP contribution in [-0.2, 0) is 19.6 Å². The van der Waals surface area contributed by atoms with Crippen LogP contribution < -0.4 is 5.32 Å². The highest BCUT2D eigenvalue weighted by atomic mass is 32.2. The molecule has 2 saturated heterocycles. The van der Waals surface area contributed by atoms with Crippen molar-refractivity contribution in [1.29, 1.82) is 0 Å². The average molecular weight is 317 g/mol. The monoisotopic (exact) mass is 317 g/mol. The van der Waals surface area contributed by atoms with Crippen molar-refractivity contribution < 1.29 is 18.0 Å². The minimum absolute atomic E-state index is 0.0233. The molecule has 2 heterocycles. The zero-order chi connectivity index (χ0) is 15.6. The summed E-state index contributed by atoms with van der Waals surface area (Å²) >= 11 is 0. The molecule has 120 valence electrons. The van der Waals surface area contributed by atoms with Crippen LogP contribution in [-0.4, -0.2) is 67.4 Å². The molecule has 0 spiro atoms. The van der Waals surface area contributed by atoms with E-state index in [4.69, 9.17) is 0 Å². The largest absolute Gasteiger partial charge is 0.352 e. The van der Waals surface area contributed by atoms with Crippen molar-refractivity contribution in [2.24, 2.45) is 0 Å².